The first kappa shape index (κ1) is 14.6. The van der Waals surface area contributed by atoms with E-state index in [-0.39, 0.29) is 6.79 Å². The van der Waals surface area contributed by atoms with Crippen LogP contribution in [0.25, 0.3) is 21.8 Å². The summed E-state index contributed by atoms with van der Waals surface area (Å²) in [5.74, 6) is 3.51. The highest BCUT2D eigenvalue weighted by Gasteiger charge is 2.27. The van der Waals surface area contributed by atoms with Gasteiger partial charge in [0.1, 0.15) is 0 Å². The molecular formula is C17H17NO6. The summed E-state index contributed by atoms with van der Waals surface area (Å²) < 4.78 is 33.0. The van der Waals surface area contributed by atoms with Gasteiger partial charge in [-0.1, -0.05) is 0 Å². The Bertz CT molecular complexity index is 946. The van der Waals surface area contributed by atoms with Crippen LogP contribution in [-0.4, -0.2) is 40.2 Å². The zero-order valence-corrected chi connectivity index (χ0v) is 13.8. The summed E-state index contributed by atoms with van der Waals surface area (Å²) in [6, 6.07) is 3.81. The quantitative estimate of drug-likeness (QED) is 0.792. The van der Waals surface area contributed by atoms with Gasteiger partial charge in [-0.05, 0) is 12.1 Å². The first-order chi connectivity index (χ1) is 11.7. The van der Waals surface area contributed by atoms with Crippen LogP contribution < -0.4 is 28.4 Å². The average molecular weight is 331 g/mol. The predicted molar refractivity (Wildman–Crippen MR) is 88.1 cm³/mol. The van der Waals surface area contributed by atoms with Gasteiger partial charge in [-0.2, -0.15) is 0 Å². The third kappa shape index (κ3) is 1.78. The summed E-state index contributed by atoms with van der Waals surface area (Å²) >= 11 is 0. The fourth-order valence-electron chi connectivity index (χ4n) is 3.14. The highest BCUT2D eigenvalue weighted by molar-refractivity contribution is 6.13. The van der Waals surface area contributed by atoms with Gasteiger partial charge in [-0.15, -0.1) is 0 Å². The average Bonchev–Trinajstić information content (AvgIpc) is 3.23. The molecule has 7 nitrogen and oxygen atoms in total. The molecule has 126 valence electrons. The molecule has 1 aliphatic heterocycles. The Hall–Kier alpha value is -2.96. The number of H-pyrrole nitrogens is 1. The monoisotopic (exact) mass is 331 g/mol. The summed E-state index contributed by atoms with van der Waals surface area (Å²) in [4.78, 5) is 3.35. The number of aromatic amines is 1. The van der Waals surface area contributed by atoms with Gasteiger partial charge < -0.3 is 33.4 Å². The van der Waals surface area contributed by atoms with E-state index in [0.717, 1.165) is 21.8 Å². The molecular weight excluding hydrogens is 314 g/mol. The number of ether oxygens (including phenoxy) is 6. The van der Waals surface area contributed by atoms with Gasteiger partial charge in [-0.25, -0.2) is 0 Å². The van der Waals surface area contributed by atoms with Gasteiger partial charge in [0.25, 0.3) is 0 Å². The molecule has 0 aliphatic carbocycles. The molecule has 0 spiro atoms. The molecule has 0 unspecified atom stereocenters. The highest BCUT2D eigenvalue weighted by Crippen LogP contribution is 2.51. The van der Waals surface area contributed by atoms with Gasteiger partial charge in [-0.3, -0.25) is 0 Å². The Morgan fingerprint density at radius 2 is 1.38 bits per heavy atom. The van der Waals surface area contributed by atoms with Crippen molar-refractivity contribution in [2.45, 2.75) is 0 Å². The maximum Gasteiger partial charge on any atom is 0.231 e. The highest BCUT2D eigenvalue weighted by atomic mass is 16.7. The van der Waals surface area contributed by atoms with Crippen LogP contribution in [0.1, 0.15) is 0 Å². The lowest BCUT2D eigenvalue weighted by Crippen LogP contribution is -1.95. The maximum atomic E-state index is 5.63. The van der Waals surface area contributed by atoms with Crippen LogP contribution in [0.5, 0.6) is 34.5 Å². The molecule has 4 rings (SSSR count). The zero-order valence-electron chi connectivity index (χ0n) is 13.8. The van der Waals surface area contributed by atoms with Crippen molar-refractivity contribution in [3.05, 3.63) is 12.1 Å². The van der Waals surface area contributed by atoms with Crippen LogP contribution >= 0.6 is 0 Å². The molecule has 0 saturated carbocycles. The first-order valence-electron chi connectivity index (χ1n) is 7.34. The Morgan fingerprint density at radius 3 is 2.04 bits per heavy atom. The Morgan fingerprint density at radius 1 is 0.750 bits per heavy atom. The molecule has 0 fully saturated rings. The largest absolute Gasteiger partial charge is 0.493 e. The summed E-state index contributed by atoms with van der Waals surface area (Å²) in [7, 11) is 6.36. The van der Waals surface area contributed by atoms with Crippen molar-refractivity contribution < 1.29 is 28.4 Å². The van der Waals surface area contributed by atoms with E-state index in [0.29, 0.717) is 34.5 Å². The Labute approximate surface area is 138 Å². The summed E-state index contributed by atoms with van der Waals surface area (Å²) in [6.07, 6.45) is 0. The van der Waals surface area contributed by atoms with E-state index in [1.54, 1.807) is 28.4 Å². The molecule has 3 aromatic rings. The van der Waals surface area contributed by atoms with Gasteiger partial charge in [0.2, 0.25) is 18.3 Å². The van der Waals surface area contributed by atoms with E-state index in [1.165, 1.54) is 0 Å². The molecule has 24 heavy (non-hydrogen) atoms. The number of methoxy groups -OCH3 is 4. The minimum absolute atomic E-state index is 0.157. The molecule has 7 heteroatoms. The van der Waals surface area contributed by atoms with E-state index < -0.39 is 0 Å². The topological polar surface area (TPSA) is 71.2 Å². The molecule has 2 heterocycles. The van der Waals surface area contributed by atoms with Crippen molar-refractivity contribution in [3.63, 3.8) is 0 Å². The van der Waals surface area contributed by atoms with Gasteiger partial charge in [0, 0.05) is 10.8 Å². The number of aromatic nitrogens is 1. The van der Waals surface area contributed by atoms with Crippen LogP contribution in [0.3, 0.4) is 0 Å². The lowest BCUT2D eigenvalue weighted by molar-refractivity contribution is 0.172. The summed E-state index contributed by atoms with van der Waals surface area (Å²) in [6.45, 7) is 0.157. The van der Waals surface area contributed by atoms with Crippen molar-refractivity contribution in [2.24, 2.45) is 0 Å². The van der Waals surface area contributed by atoms with E-state index in [9.17, 15) is 0 Å². The van der Waals surface area contributed by atoms with Crippen molar-refractivity contribution in [3.8, 4) is 34.5 Å². The van der Waals surface area contributed by atoms with Crippen molar-refractivity contribution in [1.82, 2.24) is 4.98 Å². The molecule has 1 N–H and O–H groups in total. The van der Waals surface area contributed by atoms with E-state index in [1.807, 2.05) is 12.1 Å². The fourth-order valence-corrected chi connectivity index (χ4v) is 3.14. The van der Waals surface area contributed by atoms with Crippen molar-refractivity contribution >= 4 is 21.8 Å². The number of rotatable bonds is 4. The number of fused-ring (bicyclic) bond motifs is 5. The van der Waals surface area contributed by atoms with Crippen LogP contribution in [-0.2, 0) is 0 Å². The third-order valence-electron chi connectivity index (χ3n) is 4.20. The SMILES string of the molecule is COc1cc2c([nH]c3c4c(c(OC)cc32)OCO4)c(OC)c1OC. The lowest BCUT2D eigenvalue weighted by atomic mass is 10.1. The fraction of sp³-hybridized carbons (Fsp3) is 0.294. The predicted octanol–water partition coefficient (Wildman–Crippen LogP) is 3.08. The maximum absolute atomic E-state index is 5.63. The van der Waals surface area contributed by atoms with Crippen LogP contribution in [0, 0.1) is 0 Å². The van der Waals surface area contributed by atoms with Crippen LogP contribution in [0.2, 0.25) is 0 Å². The van der Waals surface area contributed by atoms with E-state index in [4.69, 9.17) is 28.4 Å². The minimum Gasteiger partial charge on any atom is -0.493 e. The summed E-state index contributed by atoms with van der Waals surface area (Å²) in [5.41, 5.74) is 1.60. The Balaban J connectivity index is 2.16. The Kier molecular flexibility index (Phi) is 3.23. The number of hydrogen-bond acceptors (Lipinski definition) is 6. The molecule has 2 aromatic carbocycles. The van der Waals surface area contributed by atoms with E-state index >= 15 is 0 Å². The third-order valence-corrected chi connectivity index (χ3v) is 4.20. The molecule has 1 aliphatic rings. The van der Waals surface area contributed by atoms with Gasteiger partial charge >= 0.3 is 0 Å². The summed E-state index contributed by atoms with van der Waals surface area (Å²) in [5, 5.41) is 1.83. The van der Waals surface area contributed by atoms with Gasteiger partial charge in [0.05, 0.1) is 39.5 Å². The number of hydrogen-bond donors (Lipinski definition) is 1. The van der Waals surface area contributed by atoms with Crippen LogP contribution in [0.15, 0.2) is 12.1 Å². The van der Waals surface area contributed by atoms with Crippen molar-refractivity contribution in [2.75, 3.05) is 35.2 Å². The molecule has 1 aromatic heterocycles. The smallest absolute Gasteiger partial charge is 0.231 e. The van der Waals surface area contributed by atoms with E-state index in [2.05, 4.69) is 4.98 Å². The second-order valence-corrected chi connectivity index (χ2v) is 5.26. The molecule has 0 bridgehead atoms. The standard InChI is InChI=1S/C17H17NO6/c1-19-10-5-8-9-6-11(20-2)15-17(24-7-23-15)13(9)18-12(8)16(22-4)14(10)21-3/h5-6,18H,7H2,1-4H3. The number of nitrogens with one attached hydrogen (secondary N) is 1. The molecule has 0 saturated heterocycles. The second-order valence-electron chi connectivity index (χ2n) is 5.26. The van der Waals surface area contributed by atoms with Gasteiger partial charge in [0.15, 0.2) is 23.0 Å². The zero-order chi connectivity index (χ0) is 16.8. The first-order valence-corrected chi connectivity index (χ1v) is 7.34. The lowest BCUT2D eigenvalue weighted by Gasteiger charge is -2.12. The second kappa shape index (κ2) is 5.30. The molecule has 0 radical (unpaired) electrons. The molecule has 0 atom stereocenters. The van der Waals surface area contributed by atoms with Crippen molar-refractivity contribution in [1.29, 1.82) is 0 Å². The minimum atomic E-state index is 0.157. The number of benzene rings is 2. The normalized spacial score (nSPS) is 12.7. The van der Waals surface area contributed by atoms with Crippen LogP contribution in [0.4, 0.5) is 0 Å². The molecule has 0 amide bonds.